The predicted molar refractivity (Wildman–Crippen MR) is 196 cm³/mol. The highest BCUT2D eigenvalue weighted by Gasteiger charge is 2.38. The number of amides is 3. The lowest BCUT2D eigenvalue weighted by atomic mass is 9.80. The lowest BCUT2D eigenvalue weighted by Crippen LogP contribution is -2.50. The average Bonchev–Trinajstić information content (AvgIpc) is 3.61. The van der Waals surface area contributed by atoms with Gasteiger partial charge in [-0.3, -0.25) is 14.4 Å². The molecule has 3 amide bonds. The monoisotopic (exact) mass is 654 g/mol. The van der Waals surface area contributed by atoms with Gasteiger partial charge in [-0.05, 0) is 54.5 Å². The number of nitrogens with two attached hydrogens (primary N) is 1. The summed E-state index contributed by atoms with van der Waals surface area (Å²) in [4.78, 5) is 48.5. The van der Waals surface area contributed by atoms with Crippen LogP contribution >= 0.6 is 0 Å². The Morgan fingerprint density at radius 3 is 2.27 bits per heavy atom. The zero-order chi connectivity index (χ0) is 34.3. The molecule has 3 atom stereocenters. The molecule has 252 valence electrons. The third-order valence-electron chi connectivity index (χ3n) is 10.0. The standard InChI is InChI=1S/C42H46N4O3/c1-3-12-34(39(43)47)36(26-29-13-7-8-14-29)41(48)45-40-42(49)46(27-30-15-11-18-33(25-30)31-23-21-28(2)22-24-31)37-20-10-9-19-35(37)38(44-40)32-16-5-4-6-17-32/h4-6,9-11,15-25,29,34,36,40H,3,7-8,12-14,26-27H2,1-2H3,(H2,43,47)(H,45,48)/t34-,36+,40+/m0/s1. The first kappa shape index (κ1) is 33.8. The van der Waals surface area contributed by atoms with Crippen LogP contribution in [0.1, 0.15) is 74.1 Å². The van der Waals surface area contributed by atoms with Crippen LogP contribution in [0.15, 0.2) is 108 Å². The molecule has 6 rings (SSSR count). The highest BCUT2D eigenvalue weighted by molar-refractivity contribution is 6.20. The number of aliphatic imine (C=N–C) groups is 1. The number of carbonyl (C=O) groups is 3. The molecule has 0 radical (unpaired) electrons. The first-order valence-corrected chi connectivity index (χ1v) is 17.6. The number of rotatable bonds is 12. The molecule has 4 aromatic rings. The van der Waals surface area contributed by atoms with E-state index in [1.165, 1.54) is 5.56 Å². The fourth-order valence-corrected chi connectivity index (χ4v) is 7.44. The van der Waals surface area contributed by atoms with Crippen molar-refractivity contribution in [2.24, 2.45) is 28.5 Å². The van der Waals surface area contributed by atoms with Crippen molar-refractivity contribution in [3.8, 4) is 11.1 Å². The van der Waals surface area contributed by atoms with Crippen molar-refractivity contribution >= 4 is 29.1 Å². The number of fused-ring (bicyclic) bond motifs is 1. The average molecular weight is 655 g/mol. The molecule has 0 unspecified atom stereocenters. The van der Waals surface area contributed by atoms with Gasteiger partial charge in [0, 0.05) is 23.0 Å². The number of hydrogen-bond acceptors (Lipinski definition) is 4. The Balaban J connectivity index is 1.39. The van der Waals surface area contributed by atoms with Crippen LogP contribution in [0, 0.1) is 24.7 Å². The Labute approximate surface area is 289 Å². The highest BCUT2D eigenvalue weighted by Crippen LogP contribution is 2.35. The SMILES string of the molecule is CCC[C@H](C(N)=O)[C@@H](CC1CCCC1)C(=O)N[C@H]1N=C(c2ccccc2)c2ccccc2N(Cc2cccc(-c3ccc(C)cc3)c2)C1=O. The van der Waals surface area contributed by atoms with Crippen molar-refractivity contribution in [3.05, 3.63) is 125 Å². The summed E-state index contributed by atoms with van der Waals surface area (Å²) in [6.45, 7) is 4.35. The minimum atomic E-state index is -1.20. The molecule has 3 N–H and O–H groups in total. The quantitative estimate of drug-likeness (QED) is 0.165. The summed E-state index contributed by atoms with van der Waals surface area (Å²) in [7, 11) is 0. The molecule has 0 bridgehead atoms. The van der Waals surface area contributed by atoms with Crippen molar-refractivity contribution in [1.82, 2.24) is 5.32 Å². The number of para-hydroxylation sites is 1. The number of benzene rings is 4. The summed E-state index contributed by atoms with van der Waals surface area (Å²) in [5.41, 5.74) is 13.2. The Kier molecular flexibility index (Phi) is 10.7. The van der Waals surface area contributed by atoms with Crippen LogP contribution in [0.25, 0.3) is 11.1 Å². The summed E-state index contributed by atoms with van der Waals surface area (Å²) in [6, 6.07) is 34.1. The summed E-state index contributed by atoms with van der Waals surface area (Å²) < 4.78 is 0. The van der Waals surface area contributed by atoms with Crippen LogP contribution in [0.4, 0.5) is 5.69 Å². The van der Waals surface area contributed by atoms with E-state index in [-0.39, 0.29) is 18.4 Å². The maximum Gasteiger partial charge on any atom is 0.272 e. The molecule has 7 nitrogen and oxygen atoms in total. The Bertz CT molecular complexity index is 1810. The molecular formula is C42H46N4O3. The lowest BCUT2D eigenvalue weighted by Gasteiger charge is -2.29. The maximum absolute atomic E-state index is 14.7. The van der Waals surface area contributed by atoms with Crippen LogP contribution in [0.3, 0.4) is 0 Å². The number of nitrogens with one attached hydrogen (secondary N) is 1. The minimum absolute atomic E-state index is 0.282. The van der Waals surface area contributed by atoms with Gasteiger partial charge in [0.1, 0.15) is 0 Å². The number of aryl methyl sites for hydroxylation is 1. The predicted octanol–water partition coefficient (Wildman–Crippen LogP) is 7.59. The van der Waals surface area contributed by atoms with E-state index < -0.39 is 23.9 Å². The molecule has 0 aromatic heterocycles. The van der Waals surface area contributed by atoms with E-state index in [1.54, 1.807) is 4.90 Å². The lowest BCUT2D eigenvalue weighted by molar-refractivity contribution is -0.136. The Hall–Kier alpha value is -5.04. The summed E-state index contributed by atoms with van der Waals surface area (Å²) in [5, 5.41) is 3.04. The fourth-order valence-electron chi connectivity index (χ4n) is 7.44. The van der Waals surface area contributed by atoms with Gasteiger partial charge in [-0.2, -0.15) is 0 Å². The molecule has 49 heavy (non-hydrogen) atoms. The molecule has 2 aliphatic rings. The third-order valence-corrected chi connectivity index (χ3v) is 10.0. The first-order chi connectivity index (χ1) is 23.8. The van der Waals surface area contributed by atoms with Gasteiger partial charge in [0.15, 0.2) is 0 Å². The third kappa shape index (κ3) is 7.83. The molecule has 4 aromatic carbocycles. The second kappa shape index (κ2) is 15.5. The fraction of sp³-hybridized carbons (Fsp3) is 0.333. The van der Waals surface area contributed by atoms with Gasteiger partial charge in [0.05, 0.1) is 17.9 Å². The summed E-state index contributed by atoms with van der Waals surface area (Å²) in [5.74, 6) is -2.03. The van der Waals surface area contributed by atoms with Crippen molar-refractivity contribution in [3.63, 3.8) is 0 Å². The number of nitrogens with zero attached hydrogens (tertiary/aromatic N) is 2. The molecule has 7 heteroatoms. The van der Waals surface area contributed by atoms with Crippen LogP contribution in [-0.4, -0.2) is 29.6 Å². The summed E-state index contributed by atoms with van der Waals surface area (Å²) >= 11 is 0. The number of benzodiazepines with no additional fused rings is 1. The van der Waals surface area contributed by atoms with Crippen molar-refractivity contribution in [1.29, 1.82) is 0 Å². The largest absolute Gasteiger partial charge is 0.369 e. The van der Waals surface area contributed by atoms with Crippen molar-refractivity contribution in [2.75, 3.05) is 4.90 Å². The molecular weight excluding hydrogens is 608 g/mol. The van der Waals surface area contributed by atoms with E-state index in [4.69, 9.17) is 10.7 Å². The van der Waals surface area contributed by atoms with Gasteiger partial charge >= 0.3 is 0 Å². The number of hydrogen-bond donors (Lipinski definition) is 2. The van der Waals surface area contributed by atoms with Crippen LogP contribution in [0.2, 0.25) is 0 Å². The van der Waals surface area contributed by atoms with E-state index in [9.17, 15) is 14.4 Å². The Morgan fingerprint density at radius 2 is 1.55 bits per heavy atom. The van der Waals surface area contributed by atoms with Gasteiger partial charge < -0.3 is 16.0 Å². The van der Waals surface area contributed by atoms with Crippen molar-refractivity contribution in [2.45, 2.75) is 71.5 Å². The second-order valence-corrected chi connectivity index (χ2v) is 13.6. The van der Waals surface area contributed by atoms with Crippen LogP contribution in [-0.2, 0) is 20.9 Å². The number of primary amides is 1. The van der Waals surface area contributed by atoms with Gasteiger partial charge in [0.2, 0.25) is 18.0 Å². The molecule has 1 fully saturated rings. The maximum atomic E-state index is 14.7. The molecule has 1 saturated carbocycles. The zero-order valence-corrected chi connectivity index (χ0v) is 28.5. The van der Waals surface area contributed by atoms with Crippen LogP contribution in [0.5, 0.6) is 0 Å². The van der Waals surface area contributed by atoms with E-state index >= 15 is 0 Å². The smallest absolute Gasteiger partial charge is 0.272 e. The minimum Gasteiger partial charge on any atom is -0.369 e. The second-order valence-electron chi connectivity index (χ2n) is 13.6. The van der Waals surface area contributed by atoms with E-state index in [1.807, 2.05) is 73.7 Å². The molecule has 1 aliphatic carbocycles. The van der Waals surface area contributed by atoms with E-state index in [0.29, 0.717) is 24.5 Å². The van der Waals surface area contributed by atoms with Gasteiger partial charge in [-0.25, -0.2) is 4.99 Å². The highest BCUT2D eigenvalue weighted by atomic mass is 16.2. The number of carbonyl (C=O) groups excluding carboxylic acids is 3. The van der Waals surface area contributed by atoms with Gasteiger partial charge in [-0.1, -0.05) is 136 Å². The van der Waals surface area contributed by atoms with E-state index in [2.05, 4.69) is 48.6 Å². The zero-order valence-electron chi connectivity index (χ0n) is 28.5. The molecule has 1 aliphatic heterocycles. The van der Waals surface area contributed by atoms with Crippen LogP contribution < -0.4 is 16.0 Å². The summed E-state index contributed by atoms with van der Waals surface area (Å²) in [6.07, 6.45) is 4.94. The molecule has 0 spiro atoms. The van der Waals surface area contributed by atoms with Gasteiger partial charge in [-0.15, -0.1) is 0 Å². The Morgan fingerprint density at radius 1 is 0.857 bits per heavy atom. The topological polar surface area (TPSA) is 105 Å². The number of anilines is 1. The van der Waals surface area contributed by atoms with Gasteiger partial charge in [0.25, 0.3) is 5.91 Å². The molecule has 1 heterocycles. The first-order valence-electron chi connectivity index (χ1n) is 17.6. The van der Waals surface area contributed by atoms with E-state index in [0.717, 1.165) is 65.6 Å². The normalized spacial score (nSPS) is 17.5. The van der Waals surface area contributed by atoms with Crippen molar-refractivity contribution < 1.29 is 14.4 Å². The molecule has 0 saturated heterocycles.